The monoisotopic (exact) mass is 307 g/mol. The molecule has 1 rings (SSSR count). The number of halogens is 4. The van der Waals surface area contributed by atoms with E-state index in [0.29, 0.717) is 14.6 Å². The Bertz CT molecular complexity index is 406. The number of hydrogen-bond donors (Lipinski definition) is 0. The fraction of sp³-hybridized carbons (Fsp3) is 0.286. The second-order valence-corrected chi connectivity index (χ2v) is 3.92. The van der Waals surface area contributed by atoms with Crippen molar-refractivity contribution < 1.29 is 64.3 Å². The smallest absolute Gasteiger partial charge is 0.448 e. The van der Waals surface area contributed by atoms with E-state index in [0.717, 1.165) is 6.20 Å². The molecule has 1 aromatic heterocycles. The van der Waals surface area contributed by atoms with Gasteiger partial charge in [-0.1, -0.05) is 0 Å². The van der Waals surface area contributed by atoms with Gasteiger partial charge in [0.1, 0.15) is 0 Å². The van der Waals surface area contributed by atoms with Gasteiger partial charge in [0.25, 0.3) is 5.56 Å². The van der Waals surface area contributed by atoms with Crippen molar-refractivity contribution in [2.45, 2.75) is 13.4 Å². The SMILES string of the molecule is Cc1cc(Br)cn(C[B-](F)(F)F)c1=O.[K+]. The Morgan fingerprint density at radius 3 is 2.47 bits per heavy atom. The van der Waals surface area contributed by atoms with Gasteiger partial charge in [-0.15, -0.1) is 0 Å². The molecule has 78 valence electrons. The third-order valence-electron chi connectivity index (χ3n) is 1.64. The summed E-state index contributed by atoms with van der Waals surface area (Å²) in [7, 11) is 0. The molecule has 0 spiro atoms. The molecular weight excluding hydrogens is 301 g/mol. The van der Waals surface area contributed by atoms with Crippen LogP contribution in [0.3, 0.4) is 0 Å². The molecule has 0 atom stereocenters. The summed E-state index contributed by atoms with van der Waals surface area (Å²) in [5.74, 6) is 0. The van der Waals surface area contributed by atoms with Crippen molar-refractivity contribution in [3.63, 3.8) is 0 Å². The summed E-state index contributed by atoms with van der Waals surface area (Å²) in [6.45, 7) is -3.51. The zero-order valence-corrected chi connectivity index (χ0v) is 13.0. The number of pyridine rings is 1. The third kappa shape index (κ3) is 5.18. The Balaban J connectivity index is 0.00000196. The molecule has 0 unspecified atom stereocenters. The van der Waals surface area contributed by atoms with Crippen LogP contribution in [-0.4, -0.2) is 11.5 Å². The Labute approximate surface area is 136 Å². The van der Waals surface area contributed by atoms with Gasteiger partial charge in [-0.2, -0.15) is 0 Å². The molecule has 0 bridgehead atoms. The van der Waals surface area contributed by atoms with Gasteiger partial charge >= 0.3 is 58.4 Å². The van der Waals surface area contributed by atoms with Gasteiger partial charge in [0.05, 0.1) is 0 Å². The molecule has 0 aliphatic rings. The minimum atomic E-state index is -4.99. The standard InChI is InChI=1S/C7H7BBrF3NO.K/c1-5-2-6(9)3-13(7(5)14)4-8(10,11)12;/h2-3H,4H2,1H3;/q-1;+1. The number of aryl methyl sites for hydroxylation is 1. The first kappa shape index (κ1) is 15.9. The zero-order valence-electron chi connectivity index (χ0n) is 8.31. The molecule has 0 fully saturated rings. The van der Waals surface area contributed by atoms with Crippen LogP contribution in [-0.2, 0) is 6.44 Å². The Morgan fingerprint density at radius 1 is 1.47 bits per heavy atom. The van der Waals surface area contributed by atoms with Crippen molar-refractivity contribution in [2.24, 2.45) is 0 Å². The molecule has 0 aliphatic carbocycles. The van der Waals surface area contributed by atoms with Crippen LogP contribution < -0.4 is 56.9 Å². The normalized spacial score (nSPS) is 11.0. The van der Waals surface area contributed by atoms with E-state index in [9.17, 15) is 17.7 Å². The third-order valence-corrected chi connectivity index (χ3v) is 2.07. The van der Waals surface area contributed by atoms with Crippen LogP contribution in [0.2, 0.25) is 0 Å². The molecule has 0 radical (unpaired) electrons. The van der Waals surface area contributed by atoms with Crippen molar-refractivity contribution >= 4 is 22.9 Å². The predicted molar refractivity (Wildman–Crippen MR) is 52.2 cm³/mol. The minimum Gasteiger partial charge on any atom is -0.448 e. The maximum absolute atomic E-state index is 12.1. The van der Waals surface area contributed by atoms with Crippen LogP contribution in [0.15, 0.2) is 21.5 Å². The minimum absolute atomic E-state index is 0. The van der Waals surface area contributed by atoms with Crippen LogP contribution in [0.1, 0.15) is 5.56 Å². The second kappa shape index (κ2) is 6.02. The van der Waals surface area contributed by atoms with Crippen LogP contribution in [0.4, 0.5) is 12.9 Å². The molecule has 2 nitrogen and oxygen atoms in total. The summed E-state index contributed by atoms with van der Waals surface area (Å²) in [5.41, 5.74) is -0.313. The van der Waals surface area contributed by atoms with E-state index in [1.165, 1.54) is 13.0 Å². The maximum Gasteiger partial charge on any atom is 1.00 e. The van der Waals surface area contributed by atoms with E-state index in [1.54, 1.807) is 0 Å². The first-order valence-corrected chi connectivity index (χ1v) is 4.66. The quantitative estimate of drug-likeness (QED) is 0.663. The Kier molecular flexibility index (Phi) is 6.39. The van der Waals surface area contributed by atoms with Crippen LogP contribution in [0, 0.1) is 6.92 Å². The molecule has 15 heavy (non-hydrogen) atoms. The Morgan fingerprint density at radius 2 is 2.00 bits per heavy atom. The van der Waals surface area contributed by atoms with E-state index >= 15 is 0 Å². The van der Waals surface area contributed by atoms with Gasteiger partial charge < -0.3 is 17.5 Å². The summed E-state index contributed by atoms with van der Waals surface area (Å²) in [6, 6.07) is 1.49. The molecule has 1 aromatic rings. The van der Waals surface area contributed by atoms with Crippen LogP contribution in [0.5, 0.6) is 0 Å². The predicted octanol–water partition coefficient (Wildman–Crippen LogP) is -0.690. The molecule has 8 heteroatoms. The zero-order chi connectivity index (χ0) is 10.9. The van der Waals surface area contributed by atoms with Crippen molar-refractivity contribution in [1.82, 2.24) is 4.57 Å². The summed E-state index contributed by atoms with van der Waals surface area (Å²) >= 11 is 3.03. The van der Waals surface area contributed by atoms with Crippen molar-refractivity contribution in [1.29, 1.82) is 0 Å². The first-order chi connectivity index (χ1) is 6.29. The maximum atomic E-state index is 12.1. The van der Waals surface area contributed by atoms with Gasteiger partial charge in [-0.3, -0.25) is 4.79 Å². The van der Waals surface area contributed by atoms with Crippen molar-refractivity contribution in [3.8, 4) is 0 Å². The number of nitrogens with zero attached hydrogens (tertiary/aromatic N) is 1. The summed E-state index contributed by atoms with van der Waals surface area (Å²) < 4.78 is 37.4. The Hall–Kier alpha value is 0.921. The van der Waals surface area contributed by atoms with Crippen molar-refractivity contribution in [3.05, 3.63) is 32.7 Å². The van der Waals surface area contributed by atoms with Gasteiger partial charge in [0.15, 0.2) is 0 Å². The average molecular weight is 308 g/mol. The van der Waals surface area contributed by atoms with E-state index in [1.807, 2.05) is 0 Å². The topological polar surface area (TPSA) is 22.0 Å². The van der Waals surface area contributed by atoms with Crippen LogP contribution in [0.25, 0.3) is 0 Å². The average Bonchev–Trinajstić information content (AvgIpc) is 1.96. The summed E-state index contributed by atoms with van der Waals surface area (Å²) in [5, 5.41) is 0. The summed E-state index contributed by atoms with van der Waals surface area (Å²) in [6.07, 6.45) is -0.0519. The first-order valence-electron chi connectivity index (χ1n) is 3.87. The van der Waals surface area contributed by atoms with Gasteiger partial charge in [-0.05, 0) is 35.4 Å². The van der Waals surface area contributed by atoms with Gasteiger partial charge in [-0.25, -0.2) is 0 Å². The van der Waals surface area contributed by atoms with E-state index in [2.05, 4.69) is 15.9 Å². The molecule has 0 aromatic carbocycles. The molecular formula is C7H7BBrF3KNO. The molecule has 0 saturated carbocycles. The number of rotatable bonds is 2. The van der Waals surface area contributed by atoms with E-state index in [-0.39, 0.29) is 51.4 Å². The number of aromatic nitrogens is 1. The summed E-state index contributed by atoms with van der Waals surface area (Å²) in [4.78, 5) is 11.3. The number of hydrogen-bond acceptors (Lipinski definition) is 1. The second-order valence-electron chi connectivity index (χ2n) is 3.01. The molecule has 0 N–H and O–H groups in total. The van der Waals surface area contributed by atoms with Crippen molar-refractivity contribution in [2.75, 3.05) is 0 Å². The van der Waals surface area contributed by atoms with E-state index < -0.39 is 19.0 Å². The van der Waals surface area contributed by atoms with Gasteiger partial charge in [0.2, 0.25) is 0 Å². The fourth-order valence-corrected chi connectivity index (χ4v) is 1.69. The van der Waals surface area contributed by atoms with E-state index in [4.69, 9.17) is 0 Å². The molecule has 0 amide bonds. The molecule has 1 heterocycles. The molecule has 0 aliphatic heterocycles. The largest absolute Gasteiger partial charge is 1.00 e. The molecule has 0 saturated heterocycles. The fourth-order valence-electron chi connectivity index (χ4n) is 1.10. The van der Waals surface area contributed by atoms with Gasteiger partial charge in [0, 0.05) is 16.2 Å². The van der Waals surface area contributed by atoms with Crippen LogP contribution >= 0.6 is 15.9 Å².